The zero-order valence-electron chi connectivity index (χ0n) is 20.9. The molecule has 0 bridgehead atoms. The van der Waals surface area contributed by atoms with Gasteiger partial charge in [-0.15, -0.1) is 0 Å². The highest BCUT2D eigenvalue weighted by molar-refractivity contribution is 6.01. The van der Waals surface area contributed by atoms with Gasteiger partial charge in [-0.1, -0.05) is 50.5 Å². The molecule has 3 amide bonds. The molecule has 3 atom stereocenters. The number of nitrogens with one attached hydrogen (secondary N) is 3. The van der Waals surface area contributed by atoms with Crippen molar-refractivity contribution in [3.8, 4) is 0 Å². The molecule has 1 aliphatic heterocycles. The average Bonchev–Trinajstić information content (AvgIpc) is 3.26. The van der Waals surface area contributed by atoms with Crippen LogP contribution in [0.5, 0.6) is 0 Å². The minimum absolute atomic E-state index is 0.0103. The number of fused-ring (bicyclic) bond motifs is 1. The quantitative estimate of drug-likeness (QED) is 0.518. The fraction of sp³-hybridized carbons (Fsp3) is 0.481. The molecule has 2 heterocycles. The van der Waals surface area contributed by atoms with Crippen LogP contribution in [0.25, 0.3) is 0 Å². The van der Waals surface area contributed by atoms with Gasteiger partial charge in [0.25, 0.3) is 5.91 Å². The summed E-state index contributed by atoms with van der Waals surface area (Å²) < 4.78 is 5.75. The molecule has 0 saturated heterocycles. The summed E-state index contributed by atoms with van der Waals surface area (Å²) in [6.45, 7) is 1.92. The molecule has 192 valence electrons. The lowest BCUT2D eigenvalue weighted by Gasteiger charge is -2.35. The van der Waals surface area contributed by atoms with Crippen molar-refractivity contribution in [2.24, 2.45) is 5.92 Å². The number of hydrogen-bond donors (Lipinski definition) is 3. The Labute approximate surface area is 212 Å². The molecule has 0 radical (unpaired) electrons. The van der Waals surface area contributed by atoms with Gasteiger partial charge in [-0.3, -0.25) is 19.8 Å². The number of carbonyl (C=O) groups is 3. The summed E-state index contributed by atoms with van der Waals surface area (Å²) in [5.41, 5.74) is 1.41. The van der Waals surface area contributed by atoms with Crippen LogP contribution in [-0.4, -0.2) is 48.3 Å². The van der Waals surface area contributed by atoms with Gasteiger partial charge in [0, 0.05) is 23.9 Å². The normalized spacial score (nSPS) is 19.2. The zero-order chi connectivity index (χ0) is 25.5. The molecule has 1 unspecified atom stereocenters. The van der Waals surface area contributed by atoms with Gasteiger partial charge in [0.1, 0.15) is 11.9 Å². The summed E-state index contributed by atoms with van der Waals surface area (Å²) in [5.74, 6) is -0.0216. The summed E-state index contributed by atoms with van der Waals surface area (Å²) >= 11 is 0. The molecule has 1 aromatic carbocycles. The molecule has 1 saturated carbocycles. The number of pyridine rings is 1. The van der Waals surface area contributed by atoms with Gasteiger partial charge in [-0.25, -0.2) is 9.78 Å². The number of benzene rings is 1. The number of para-hydroxylation sites is 1. The van der Waals surface area contributed by atoms with Gasteiger partial charge in [0.2, 0.25) is 5.91 Å². The Balaban J connectivity index is 1.59. The Hall–Kier alpha value is -3.46. The lowest BCUT2D eigenvalue weighted by Crippen LogP contribution is -2.58. The number of ether oxygens (including phenoxy) is 1. The minimum atomic E-state index is -0.861. The highest BCUT2D eigenvalue weighted by Crippen LogP contribution is 2.34. The second kappa shape index (κ2) is 12.0. The van der Waals surface area contributed by atoms with E-state index in [0.29, 0.717) is 24.3 Å². The number of anilines is 2. The van der Waals surface area contributed by atoms with Crippen LogP contribution in [0, 0.1) is 5.92 Å². The third-order valence-electron chi connectivity index (χ3n) is 7.04. The van der Waals surface area contributed by atoms with Gasteiger partial charge in [0.05, 0.1) is 6.04 Å². The van der Waals surface area contributed by atoms with Gasteiger partial charge in [-0.05, 0) is 50.4 Å². The monoisotopic (exact) mass is 493 g/mol. The first-order chi connectivity index (χ1) is 17.5. The maximum Gasteiger partial charge on any atom is 0.413 e. The summed E-state index contributed by atoms with van der Waals surface area (Å²) in [6.07, 6.45) is 5.91. The van der Waals surface area contributed by atoms with Crippen LogP contribution in [0.4, 0.5) is 16.3 Å². The molecule has 0 spiro atoms. The van der Waals surface area contributed by atoms with Crippen molar-refractivity contribution in [3.05, 3.63) is 54.2 Å². The van der Waals surface area contributed by atoms with Crippen LogP contribution in [0.1, 0.15) is 51.0 Å². The van der Waals surface area contributed by atoms with Gasteiger partial charge in [0.15, 0.2) is 6.23 Å². The van der Waals surface area contributed by atoms with Gasteiger partial charge >= 0.3 is 6.09 Å². The predicted octanol–water partition coefficient (Wildman–Crippen LogP) is 3.61. The summed E-state index contributed by atoms with van der Waals surface area (Å²) in [7, 11) is 1.74. The van der Waals surface area contributed by atoms with Gasteiger partial charge < -0.3 is 15.4 Å². The molecule has 1 aromatic heterocycles. The maximum absolute atomic E-state index is 14.1. The highest BCUT2D eigenvalue weighted by atomic mass is 16.6. The second-order valence-corrected chi connectivity index (χ2v) is 9.38. The summed E-state index contributed by atoms with van der Waals surface area (Å²) in [5, 5.41) is 8.76. The third kappa shape index (κ3) is 5.84. The van der Waals surface area contributed by atoms with E-state index in [0.717, 1.165) is 37.7 Å². The molecule has 36 heavy (non-hydrogen) atoms. The molecular weight excluding hydrogens is 458 g/mol. The SMILES string of the molecule is CC[C@H](NC)C(=O)N[C@H](C(=O)N1c2ncccc2CC1OC(=O)Nc1ccccc1)C1CCCCC1. The van der Waals surface area contributed by atoms with Crippen LogP contribution in [0.15, 0.2) is 48.7 Å². The van der Waals surface area contributed by atoms with E-state index in [1.54, 1.807) is 31.4 Å². The van der Waals surface area contributed by atoms with E-state index in [9.17, 15) is 14.4 Å². The first-order valence-corrected chi connectivity index (χ1v) is 12.8. The fourth-order valence-corrected chi connectivity index (χ4v) is 5.13. The number of hydrogen-bond acceptors (Lipinski definition) is 6. The van der Waals surface area contributed by atoms with E-state index in [-0.39, 0.29) is 17.7 Å². The number of nitrogens with zero attached hydrogens (tertiary/aromatic N) is 2. The Morgan fingerprint density at radius 1 is 1.08 bits per heavy atom. The minimum Gasteiger partial charge on any atom is -0.424 e. The van der Waals surface area contributed by atoms with E-state index in [4.69, 9.17) is 4.74 Å². The first kappa shape index (κ1) is 25.6. The maximum atomic E-state index is 14.1. The molecule has 2 aromatic rings. The Bertz CT molecular complexity index is 1050. The lowest BCUT2D eigenvalue weighted by molar-refractivity contribution is -0.131. The second-order valence-electron chi connectivity index (χ2n) is 9.38. The predicted molar refractivity (Wildman–Crippen MR) is 137 cm³/mol. The number of aromatic nitrogens is 1. The van der Waals surface area contributed by atoms with E-state index in [2.05, 4.69) is 20.9 Å². The topological polar surface area (TPSA) is 113 Å². The van der Waals surface area contributed by atoms with Crippen molar-refractivity contribution >= 4 is 29.4 Å². The van der Waals surface area contributed by atoms with Crippen molar-refractivity contribution in [3.63, 3.8) is 0 Å². The number of likely N-dealkylation sites (N-methyl/N-ethyl adjacent to an activating group) is 1. The molecule has 9 heteroatoms. The van der Waals surface area contributed by atoms with Crippen LogP contribution < -0.4 is 20.9 Å². The van der Waals surface area contributed by atoms with Crippen molar-refractivity contribution < 1.29 is 19.1 Å². The average molecular weight is 494 g/mol. The zero-order valence-corrected chi connectivity index (χ0v) is 20.9. The summed E-state index contributed by atoms with van der Waals surface area (Å²) in [6, 6.07) is 11.6. The molecule has 1 fully saturated rings. The van der Waals surface area contributed by atoms with Crippen LogP contribution >= 0.6 is 0 Å². The van der Waals surface area contributed by atoms with E-state index < -0.39 is 24.4 Å². The molecular formula is C27H35N5O4. The van der Waals surface area contributed by atoms with Crippen molar-refractivity contribution in [1.29, 1.82) is 0 Å². The van der Waals surface area contributed by atoms with Crippen LogP contribution in [0.3, 0.4) is 0 Å². The molecule has 3 N–H and O–H groups in total. The largest absolute Gasteiger partial charge is 0.424 e. The van der Waals surface area contributed by atoms with Crippen molar-refractivity contribution in [2.75, 3.05) is 17.3 Å². The molecule has 9 nitrogen and oxygen atoms in total. The summed E-state index contributed by atoms with van der Waals surface area (Å²) in [4.78, 5) is 45.8. The van der Waals surface area contributed by atoms with Gasteiger partial charge in [-0.2, -0.15) is 0 Å². The van der Waals surface area contributed by atoms with Crippen LogP contribution in [0.2, 0.25) is 0 Å². The van der Waals surface area contributed by atoms with E-state index in [1.807, 2.05) is 31.2 Å². The molecule has 2 aliphatic rings. The Kier molecular flexibility index (Phi) is 8.53. The van der Waals surface area contributed by atoms with E-state index >= 15 is 0 Å². The lowest BCUT2D eigenvalue weighted by atomic mass is 9.83. The molecule has 1 aliphatic carbocycles. The van der Waals surface area contributed by atoms with Crippen molar-refractivity contribution in [1.82, 2.24) is 15.6 Å². The number of carbonyl (C=O) groups excluding carboxylic acids is 3. The van der Waals surface area contributed by atoms with Crippen molar-refractivity contribution in [2.45, 2.75) is 70.2 Å². The molecule has 4 rings (SSSR count). The standard InChI is InChI=1S/C27H35N5O4/c1-3-21(28-2)25(33)31-23(18-11-6-4-7-12-18)26(34)32-22(17-19-13-10-16-29-24(19)32)36-27(35)30-20-14-8-5-9-15-20/h5,8-10,13-16,18,21-23,28H,3-4,6-7,11-12,17H2,1-2H3,(H,30,35)(H,31,33)/t21-,22?,23-/m0/s1. The van der Waals surface area contributed by atoms with E-state index in [1.165, 1.54) is 4.90 Å². The Morgan fingerprint density at radius 3 is 2.53 bits per heavy atom. The third-order valence-corrected chi connectivity index (χ3v) is 7.04. The fourth-order valence-electron chi connectivity index (χ4n) is 5.13. The highest BCUT2D eigenvalue weighted by Gasteiger charge is 2.43. The number of amides is 3. The van der Waals surface area contributed by atoms with Crippen LogP contribution in [-0.2, 0) is 20.7 Å². The first-order valence-electron chi connectivity index (χ1n) is 12.8. The number of rotatable bonds is 8. The Morgan fingerprint density at radius 2 is 1.83 bits per heavy atom. The smallest absolute Gasteiger partial charge is 0.413 e.